The Bertz CT molecular complexity index is 1010. The molecule has 0 saturated carbocycles. The molecule has 2 aromatic rings. The number of ether oxygens (including phenoxy) is 1. The largest absolute Gasteiger partial charge is 0.490 e. The first kappa shape index (κ1) is 20.9. The van der Waals surface area contributed by atoms with Crippen LogP contribution >= 0.6 is 15.9 Å². The summed E-state index contributed by atoms with van der Waals surface area (Å²) in [5.74, 6) is -1.15. The van der Waals surface area contributed by atoms with Gasteiger partial charge in [0, 0.05) is 28.2 Å². The van der Waals surface area contributed by atoms with Crippen molar-refractivity contribution in [3.63, 3.8) is 0 Å². The van der Waals surface area contributed by atoms with E-state index in [4.69, 9.17) is 4.74 Å². The lowest BCUT2D eigenvalue weighted by molar-refractivity contribution is -0.385. The van der Waals surface area contributed by atoms with Crippen LogP contribution in [0.15, 0.2) is 40.9 Å². The van der Waals surface area contributed by atoms with E-state index < -0.39 is 28.6 Å². The molecule has 1 N–H and O–H groups in total. The Morgan fingerprint density at radius 3 is 2.66 bits per heavy atom. The van der Waals surface area contributed by atoms with E-state index in [0.717, 1.165) is 6.07 Å². The van der Waals surface area contributed by atoms with Gasteiger partial charge in [0.25, 0.3) is 5.91 Å². The maximum Gasteiger partial charge on any atom is 0.311 e. The van der Waals surface area contributed by atoms with Gasteiger partial charge in [0.15, 0.2) is 17.1 Å². The number of hydrogen-bond acceptors (Lipinski definition) is 6. The molecule has 0 unspecified atom stereocenters. The highest BCUT2D eigenvalue weighted by Gasteiger charge is 2.50. The van der Waals surface area contributed by atoms with Crippen molar-refractivity contribution >= 4 is 39.0 Å². The molecule has 1 aliphatic heterocycles. The first-order chi connectivity index (χ1) is 13.7. The smallest absolute Gasteiger partial charge is 0.311 e. The number of rotatable bonds is 7. The van der Waals surface area contributed by atoms with Gasteiger partial charge in [-0.2, -0.15) is 0 Å². The molecule has 2 aromatic carbocycles. The van der Waals surface area contributed by atoms with Crippen LogP contribution in [-0.4, -0.2) is 35.4 Å². The minimum Gasteiger partial charge on any atom is -0.490 e. The summed E-state index contributed by atoms with van der Waals surface area (Å²) in [4.78, 5) is 37.9. The van der Waals surface area contributed by atoms with Crippen LogP contribution in [0, 0.1) is 10.1 Å². The number of methoxy groups -OCH3 is 1. The van der Waals surface area contributed by atoms with Gasteiger partial charge in [-0.3, -0.25) is 19.7 Å². The summed E-state index contributed by atoms with van der Waals surface area (Å²) in [5, 5.41) is 22.5. The Balaban J connectivity index is 2.00. The van der Waals surface area contributed by atoms with Crippen molar-refractivity contribution in [1.82, 2.24) is 0 Å². The summed E-state index contributed by atoms with van der Waals surface area (Å²) in [5.41, 5.74) is -1.50. The van der Waals surface area contributed by atoms with Crippen LogP contribution in [0.4, 0.5) is 11.4 Å². The van der Waals surface area contributed by atoms with Crippen molar-refractivity contribution in [1.29, 1.82) is 0 Å². The molecule has 9 heteroatoms. The number of hydrogen-bond donors (Lipinski definition) is 1. The van der Waals surface area contributed by atoms with Crippen LogP contribution in [0.1, 0.15) is 35.7 Å². The standard InChI is InChI=1S/C20H19BrN2O6/c1-3-8-22-15-6-5-13(21)10-14(15)20(26,19(22)25)11-17(24)12-4-7-18(29-2)16(9-12)23(27)28/h4-7,9-10,26H,3,8,11H2,1-2H3/t20-/m1/s1. The molecule has 1 aliphatic rings. The predicted molar refractivity (Wildman–Crippen MR) is 109 cm³/mol. The number of anilines is 1. The molecule has 152 valence electrons. The van der Waals surface area contributed by atoms with Crippen LogP contribution < -0.4 is 9.64 Å². The number of halogens is 1. The number of Topliss-reactive ketones (excluding diaryl/α,β-unsaturated/α-hetero) is 1. The molecular formula is C20H19BrN2O6. The van der Waals surface area contributed by atoms with E-state index in [0.29, 0.717) is 28.7 Å². The van der Waals surface area contributed by atoms with E-state index in [2.05, 4.69) is 15.9 Å². The highest BCUT2D eigenvalue weighted by Crippen LogP contribution is 2.44. The minimum absolute atomic E-state index is 0.0178. The van der Waals surface area contributed by atoms with E-state index in [1.807, 2.05) is 6.92 Å². The third kappa shape index (κ3) is 3.63. The average molecular weight is 463 g/mol. The zero-order valence-corrected chi connectivity index (χ0v) is 17.4. The first-order valence-electron chi connectivity index (χ1n) is 8.93. The molecule has 0 fully saturated rings. The van der Waals surface area contributed by atoms with Gasteiger partial charge in [-0.25, -0.2) is 0 Å². The maximum atomic E-state index is 13.0. The number of nitro benzene ring substituents is 1. The highest BCUT2D eigenvalue weighted by atomic mass is 79.9. The van der Waals surface area contributed by atoms with E-state index in [-0.39, 0.29) is 17.0 Å². The lowest BCUT2D eigenvalue weighted by atomic mass is 9.88. The van der Waals surface area contributed by atoms with Gasteiger partial charge in [-0.15, -0.1) is 0 Å². The van der Waals surface area contributed by atoms with Crippen LogP contribution in [-0.2, 0) is 10.4 Å². The highest BCUT2D eigenvalue weighted by molar-refractivity contribution is 9.10. The quantitative estimate of drug-likeness (QED) is 0.382. The molecule has 8 nitrogen and oxygen atoms in total. The lowest BCUT2D eigenvalue weighted by Crippen LogP contribution is -2.42. The summed E-state index contributed by atoms with van der Waals surface area (Å²) in [6, 6.07) is 8.88. The molecule has 1 heterocycles. The van der Waals surface area contributed by atoms with Gasteiger partial charge < -0.3 is 14.7 Å². The Hall–Kier alpha value is -2.78. The molecule has 0 radical (unpaired) electrons. The molecule has 1 atom stereocenters. The number of carbonyl (C=O) groups is 2. The van der Waals surface area contributed by atoms with E-state index >= 15 is 0 Å². The summed E-state index contributed by atoms with van der Waals surface area (Å²) in [7, 11) is 1.29. The third-order valence-corrected chi connectivity index (χ3v) is 5.35. The number of nitro groups is 1. The summed E-state index contributed by atoms with van der Waals surface area (Å²) in [6.45, 7) is 2.31. The van der Waals surface area contributed by atoms with Crippen LogP contribution in [0.25, 0.3) is 0 Å². The SMILES string of the molecule is CCCN1C(=O)[C@@](O)(CC(=O)c2ccc(OC)c([N+](=O)[O-])c2)c2cc(Br)ccc21. The summed E-state index contributed by atoms with van der Waals surface area (Å²) in [6.07, 6.45) is 0.148. The van der Waals surface area contributed by atoms with Gasteiger partial charge in [-0.05, 0) is 36.8 Å². The Kier molecular flexibility index (Phi) is 5.72. The molecule has 3 rings (SSSR count). The Morgan fingerprint density at radius 1 is 1.31 bits per heavy atom. The van der Waals surface area contributed by atoms with Crippen molar-refractivity contribution in [2.24, 2.45) is 0 Å². The van der Waals surface area contributed by atoms with Gasteiger partial charge in [0.1, 0.15) is 0 Å². The van der Waals surface area contributed by atoms with Crippen molar-refractivity contribution < 1.29 is 24.4 Å². The van der Waals surface area contributed by atoms with Crippen LogP contribution in [0.5, 0.6) is 5.75 Å². The average Bonchev–Trinajstić information content (AvgIpc) is 2.89. The zero-order chi connectivity index (χ0) is 21.3. The van der Waals surface area contributed by atoms with Gasteiger partial charge in [0.05, 0.1) is 24.1 Å². The lowest BCUT2D eigenvalue weighted by Gasteiger charge is -2.22. The summed E-state index contributed by atoms with van der Waals surface area (Å²) >= 11 is 3.33. The molecule has 29 heavy (non-hydrogen) atoms. The number of aliphatic hydroxyl groups is 1. The number of amides is 1. The monoisotopic (exact) mass is 462 g/mol. The number of nitrogens with zero attached hydrogens (tertiary/aromatic N) is 2. The second-order valence-electron chi connectivity index (χ2n) is 6.72. The fraction of sp³-hybridized carbons (Fsp3) is 0.300. The fourth-order valence-corrected chi connectivity index (χ4v) is 3.84. The summed E-state index contributed by atoms with van der Waals surface area (Å²) < 4.78 is 5.60. The Labute approximate surface area is 175 Å². The number of benzene rings is 2. The normalized spacial score (nSPS) is 17.9. The molecule has 0 bridgehead atoms. The topological polar surface area (TPSA) is 110 Å². The number of carbonyl (C=O) groups excluding carboxylic acids is 2. The van der Waals surface area contributed by atoms with Crippen molar-refractivity contribution in [2.45, 2.75) is 25.4 Å². The molecule has 1 amide bonds. The van der Waals surface area contributed by atoms with Crippen molar-refractivity contribution in [3.8, 4) is 5.75 Å². The maximum absolute atomic E-state index is 13.0. The van der Waals surface area contributed by atoms with E-state index in [1.54, 1.807) is 18.2 Å². The third-order valence-electron chi connectivity index (χ3n) is 4.86. The van der Waals surface area contributed by atoms with Crippen molar-refractivity contribution in [3.05, 3.63) is 62.1 Å². The zero-order valence-electron chi connectivity index (χ0n) is 15.8. The second-order valence-corrected chi connectivity index (χ2v) is 7.64. The minimum atomic E-state index is -2.04. The van der Waals surface area contributed by atoms with Gasteiger partial charge in [-0.1, -0.05) is 22.9 Å². The predicted octanol–water partition coefficient (Wildman–Crippen LogP) is 3.58. The van der Waals surface area contributed by atoms with Crippen LogP contribution in [0.2, 0.25) is 0 Å². The van der Waals surface area contributed by atoms with Crippen LogP contribution in [0.3, 0.4) is 0 Å². The molecule has 0 spiro atoms. The first-order valence-corrected chi connectivity index (χ1v) is 9.72. The fourth-order valence-electron chi connectivity index (χ4n) is 3.48. The van der Waals surface area contributed by atoms with Gasteiger partial charge >= 0.3 is 5.69 Å². The van der Waals surface area contributed by atoms with E-state index in [1.165, 1.54) is 24.1 Å². The van der Waals surface area contributed by atoms with E-state index in [9.17, 15) is 24.8 Å². The Morgan fingerprint density at radius 2 is 2.03 bits per heavy atom. The number of fused-ring (bicyclic) bond motifs is 1. The molecule has 0 aliphatic carbocycles. The molecule has 0 aromatic heterocycles. The van der Waals surface area contributed by atoms with Gasteiger partial charge in [0.2, 0.25) is 0 Å². The number of ketones is 1. The second kappa shape index (κ2) is 7.92. The molecule has 0 saturated heterocycles. The molecular weight excluding hydrogens is 444 g/mol. The van der Waals surface area contributed by atoms with Crippen molar-refractivity contribution in [2.75, 3.05) is 18.6 Å².